The Hall–Kier alpha value is -0.570. The van der Waals surface area contributed by atoms with Crippen LogP contribution in [0.5, 0.6) is 0 Å². The van der Waals surface area contributed by atoms with Crippen molar-refractivity contribution >= 4 is 11.6 Å². The molecule has 0 saturated carbocycles. The van der Waals surface area contributed by atoms with E-state index in [-0.39, 0.29) is 0 Å². The van der Waals surface area contributed by atoms with Crippen molar-refractivity contribution in [3.8, 4) is 0 Å². The van der Waals surface area contributed by atoms with Gasteiger partial charge in [-0.05, 0) is 37.6 Å². The highest BCUT2D eigenvalue weighted by atomic mass is 35.5. The van der Waals surface area contributed by atoms with Gasteiger partial charge in [-0.15, -0.1) is 0 Å². The average molecular weight is 239 g/mol. The molecular formula is C13H19ClN2. The molecule has 0 bridgehead atoms. The SMILES string of the molecule is Cc1c(Cl)cccc1CC1CNCCN1C. The zero-order valence-corrected chi connectivity index (χ0v) is 10.7. The lowest BCUT2D eigenvalue weighted by molar-refractivity contribution is 0.199. The molecule has 1 atom stereocenters. The van der Waals surface area contributed by atoms with Gasteiger partial charge in [0, 0.05) is 30.7 Å². The number of benzene rings is 1. The van der Waals surface area contributed by atoms with E-state index in [1.54, 1.807) is 0 Å². The fourth-order valence-corrected chi connectivity index (χ4v) is 2.41. The summed E-state index contributed by atoms with van der Waals surface area (Å²) >= 11 is 6.14. The van der Waals surface area contributed by atoms with Crippen LogP contribution in [-0.4, -0.2) is 37.6 Å². The van der Waals surface area contributed by atoms with Gasteiger partial charge in [0.05, 0.1) is 0 Å². The Labute approximate surface area is 103 Å². The zero-order chi connectivity index (χ0) is 11.5. The van der Waals surface area contributed by atoms with E-state index in [0.29, 0.717) is 6.04 Å². The van der Waals surface area contributed by atoms with Crippen LogP contribution >= 0.6 is 11.6 Å². The first-order chi connectivity index (χ1) is 7.68. The maximum atomic E-state index is 6.14. The summed E-state index contributed by atoms with van der Waals surface area (Å²) in [6.45, 7) is 5.40. The molecule has 16 heavy (non-hydrogen) atoms. The summed E-state index contributed by atoms with van der Waals surface area (Å²) in [5, 5.41) is 4.32. The standard InChI is InChI=1S/C13H19ClN2/c1-10-11(4-3-5-13(10)14)8-12-9-15-6-7-16(12)2/h3-5,12,15H,6-9H2,1-2H3. The van der Waals surface area contributed by atoms with Gasteiger partial charge in [-0.25, -0.2) is 0 Å². The maximum Gasteiger partial charge on any atom is 0.0437 e. The van der Waals surface area contributed by atoms with Gasteiger partial charge in [0.25, 0.3) is 0 Å². The van der Waals surface area contributed by atoms with Gasteiger partial charge < -0.3 is 10.2 Å². The predicted molar refractivity (Wildman–Crippen MR) is 69.2 cm³/mol. The smallest absolute Gasteiger partial charge is 0.0437 e. The number of rotatable bonds is 2. The minimum Gasteiger partial charge on any atom is -0.314 e. The van der Waals surface area contributed by atoms with E-state index in [1.165, 1.54) is 11.1 Å². The minimum absolute atomic E-state index is 0.589. The molecule has 1 aliphatic heterocycles. The fourth-order valence-electron chi connectivity index (χ4n) is 2.22. The van der Waals surface area contributed by atoms with Crippen LogP contribution in [0, 0.1) is 6.92 Å². The second-order valence-electron chi connectivity index (χ2n) is 4.57. The Morgan fingerprint density at radius 1 is 1.50 bits per heavy atom. The van der Waals surface area contributed by atoms with Crippen LogP contribution in [0.25, 0.3) is 0 Å². The van der Waals surface area contributed by atoms with Crippen LogP contribution in [0.1, 0.15) is 11.1 Å². The monoisotopic (exact) mass is 238 g/mol. The molecule has 0 spiro atoms. The molecule has 1 heterocycles. The maximum absolute atomic E-state index is 6.14. The van der Waals surface area contributed by atoms with Gasteiger partial charge >= 0.3 is 0 Å². The molecule has 1 unspecified atom stereocenters. The van der Waals surface area contributed by atoms with Crippen molar-refractivity contribution in [3.05, 3.63) is 34.3 Å². The molecule has 0 radical (unpaired) electrons. The molecule has 1 fully saturated rings. The first kappa shape index (κ1) is 11.9. The summed E-state index contributed by atoms with van der Waals surface area (Å²) in [5.41, 5.74) is 2.59. The van der Waals surface area contributed by atoms with E-state index >= 15 is 0 Å². The molecule has 2 nitrogen and oxygen atoms in total. The average Bonchev–Trinajstić information content (AvgIpc) is 2.28. The quantitative estimate of drug-likeness (QED) is 0.849. The second kappa shape index (κ2) is 5.17. The third-order valence-corrected chi connectivity index (χ3v) is 3.89. The summed E-state index contributed by atoms with van der Waals surface area (Å²) in [5.74, 6) is 0. The van der Waals surface area contributed by atoms with Crippen LogP contribution in [0.4, 0.5) is 0 Å². The third kappa shape index (κ3) is 2.57. The van der Waals surface area contributed by atoms with Crippen LogP contribution in [-0.2, 0) is 6.42 Å². The summed E-state index contributed by atoms with van der Waals surface area (Å²) in [6.07, 6.45) is 1.08. The molecule has 0 aromatic heterocycles. The molecule has 1 aromatic carbocycles. The van der Waals surface area contributed by atoms with Crippen molar-refractivity contribution < 1.29 is 0 Å². The van der Waals surface area contributed by atoms with Crippen molar-refractivity contribution in [3.63, 3.8) is 0 Å². The normalized spacial score (nSPS) is 22.3. The van der Waals surface area contributed by atoms with Gasteiger partial charge in [0.15, 0.2) is 0 Å². The zero-order valence-electron chi connectivity index (χ0n) is 9.96. The lowest BCUT2D eigenvalue weighted by Crippen LogP contribution is -2.50. The fraction of sp³-hybridized carbons (Fsp3) is 0.538. The first-order valence-corrected chi connectivity index (χ1v) is 6.21. The number of nitrogens with one attached hydrogen (secondary N) is 1. The van der Waals surface area contributed by atoms with Gasteiger partial charge in [-0.1, -0.05) is 23.7 Å². The van der Waals surface area contributed by atoms with E-state index in [0.717, 1.165) is 31.1 Å². The Morgan fingerprint density at radius 2 is 2.31 bits per heavy atom. The van der Waals surface area contributed by atoms with Gasteiger partial charge in [0.2, 0.25) is 0 Å². The van der Waals surface area contributed by atoms with Crippen molar-refractivity contribution in [1.82, 2.24) is 10.2 Å². The van der Waals surface area contributed by atoms with Crippen LogP contribution in [0.3, 0.4) is 0 Å². The van der Waals surface area contributed by atoms with E-state index in [1.807, 2.05) is 12.1 Å². The lowest BCUT2D eigenvalue weighted by atomic mass is 9.99. The van der Waals surface area contributed by atoms with Crippen molar-refractivity contribution in [2.75, 3.05) is 26.7 Å². The summed E-state index contributed by atoms with van der Waals surface area (Å²) in [7, 11) is 2.20. The van der Waals surface area contributed by atoms with Gasteiger partial charge in [-0.3, -0.25) is 0 Å². The highest BCUT2D eigenvalue weighted by Gasteiger charge is 2.19. The number of piperazine rings is 1. The largest absolute Gasteiger partial charge is 0.314 e. The van der Waals surface area contributed by atoms with E-state index < -0.39 is 0 Å². The number of nitrogens with zero attached hydrogens (tertiary/aromatic N) is 1. The molecule has 88 valence electrons. The van der Waals surface area contributed by atoms with Crippen molar-refractivity contribution in [2.24, 2.45) is 0 Å². The summed E-state index contributed by atoms with van der Waals surface area (Å²) in [6, 6.07) is 6.78. The Balaban J connectivity index is 2.10. The number of hydrogen-bond donors (Lipinski definition) is 1. The van der Waals surface area contributed by atoms with Crippen molar-refractivity contribution in [2.45, 2.75) is 19.4 Å². The second-order valence-corrected chi connectivity index (χ2v) is 4.97. The number of hydrogen-bond acceptors (Lipinski definition) is 2. The topological polar surface area (TPSA) is 15.3 Å². The molecule has 1 aromatic rings. The van der Waals surface area contributed by atoms with Gasteiger partial charge in [0.1, 0.15) is 0 Å². The number of halogens is 1. The summed E-state index contributed by atoms with van der Waals surface area (Å²) < 4.78 is 0. The highest BCUT2D eigenvalue weighted by Crippen LogP contribution is 2.21. The van der Waals surface area contributed by atoms with Crippen LogP contribution in [0.2, 0.25) is 5.02 Å². The molecule has 2 rings (SSSR count). The van der Waals surface area contributed by atoms with E-state index in [2.05, 4.69) is 30.3 Å². The minimum atomic E-state index is 0.589. The van der Waals surface area contributed by atoms with Crippen molar-refractivity contribution in [1.29, 1.82) is 0 Å². The molecule has 1 aliphatic rings. The Morgan fingerprint density at radius 3 is 3.06 bits per heavy atom. The number of likely N-dealkylation sites (N-methyl/N-ethyl adjacent to an activating group) is 1. The lowest BCUT2D eigenvalue weighted by Gasteiger charge is -2.33. The molecule has 0 amide bonds. The first-order valence-electron chi connectivity index (χ1n) is 5.83. The van der Waals surface area contributed by atoms with E-state index in [9.17, 15) is 0 Å². The van der Waals surface area contributed by atoms with Gasteiger partial charge in [-0.2, -0.15) is 0 Å². The molecule has 1 N–H and O–H groups in total. The Bertz CT molecular complexity index is 365. The summed E-state index contributed by atoms with van der Waals surface area (Å²) in [4.78, 5) is 2.43. The third-order valence-electron chi connectivity index (χ3n) is 3.48. The van der Waals surface area contributed by atoms with Crippen LogP contribution < -0.4 is 5.32 Å². The predicted octanol–water partition coefficient (Wildman–Crippen LogP) is 2.09. The molecule has 3 heteroatoms. The van der Waals surface area contributed by atoms with Crippen LogP contribution in [0.15, 0.2) is 18.2 Å². The molecule has 0 aliphatic carbocycles. The molecule has 1 saturated heterocycles. The molecular weight excluding hydrogens is 220 g/mol. The Kier molecular flexibility index (Phi) is 3.85. The highest BCUT2D eigenvalue weighted by molar-refractivity contribution is 6.31. The van der Waals surface area contributed by atoms with E-state index in [4.69, 9.17) is 11.6 Å².